The van der Waals surface area contributed by atoms with Crippen molar-refractivity contribution in [3.05, 3.63) is 34.9 Å². The molecule has 0 saturated carbocycles. The summed E-state index contributed by atoms with van der Waals surface area (Å²) in [6, 6.07) is 8.20. The molecule has 1 aromatic rings. The Hall–Kier alpha value is -1.02. The molecule has 1 amide bonds. The molecule has 1 atom stereocenters. The number of hydrogen-bond donors (Lipinski definition) is 1. The van der Waals surface area contributed by atoms with Gasteiger partial charge in [0.2, 0.25) is 5.91 Å². The van der Waals surface area contributed by atoms with Gasteiger partial charge in [-0.05, 0) is 43.9 Å². The molecule has 5 nitrogen and oxygen atoms in total. The summed E-state index contributed by atoms with van der Waals surface area (Å²) in [7, 11) is 2.03. The minimum Gasteiger partial charge on any atom is -0.357 e. The molecule has 0 aliphatic carbocycles. The highest BCUT2D eigenvalue weighted by atomic mass is 127. The fourth-order valence-electron chi connectivity index (χ4n) is 3.41. The van der Waals surface area contributed by atoms with Crippen molar-refractivity contribution in [3.63, 3.8) is 0 Å². The molecule has 1 aliphatic heterocycles. The summed E-state index contributed by atoms with van der Waals surface area (Å²) in [5, 5.41) is 4.10. The smallest absolute Gasteiger partial charge is 0.222 e. The maximum absolute atomic E-state index is 12.0. The van der Waals surface area contributed by atoms with Crippen molar-refractivity contribution in [1.29, 1.82) is 0 Å². The third-order valence-corrected chi connectivity index (χ3v) is 4.99. The first-order valence-corrected chi connectivity index (χ1v) is 9.96. The monoisotopic (exact) mass is 506 g/mol. The van der Waals surface area contributed by atoms with Crippen LogP contribution in [-0.2, 0) is 11.3 Å². The molecule has 2 rings (SSSR count). The van der Waals surface area contributed by atoms with Crippen LogP contribution < -0.4 is 5.32 Å². The van der Waals surface area contributed by atoms with Crippen LogP contribution in [0.1, 0.15) is 45.1 Å². The lowest BCUT2D eigenvalue weighted by Crippen LogP contribution is -2.39. The topological polar surface area (TPSA) is 47.9 Å². The van der Waals surface area contributed by atoms with E-state index >= 15 is 0 Å². The van der Waals surface area contributed by atoms with Crippen LogP contribution in [0.2, 0.25) is 5.02 Å². The quantitative estimate of drug-likeness (QED) is 0.327. The van der Waals surface area contributed by atoms with E-state index in [-0.39, 0.29) is 24.0 Å². The van der Waals surface area contributed by atoms with Crippen molar-refractivity contribution in [1.82, 2.24) is 15.1 Å². The Bertz CT molecular complexity index is 626. The fraction of sp³-hybridized carbons (Fsp3) is 0.600. The van der Waals surface area contributed by atoms with E-state index < -0.39 is 0 Å². The molecule has 0 spiro atoms. The van der Waals surface area contributed by atoms with E-state index in [2.05, 4.69) is 30.1 Å². The number of carbonyl (C=O) groups is 1. The minimum absolute atomic E-state index is 0. The number of guanidine groups is 1. The number of halogens is 2. The van der Waals surface area contributed by atoms with Gasteiger partial charge >= 0.3 is 0 Å². The SMILES string of the molecule is CCNC(=NCCC(CC)N1CCCC1=O)N(C)Cc1cccc(Cl)c1.I. The molecule has 1 aliphatic rings. The Balaban J connectivity index is 0.00000364. The minimum atomic E-state index is 0. The molecule has 1 aromatic carbocycles. The van der Waals surface area contributed by atoms with Crippen molar-refractivity contribution < 1.29 is 4.79 Å². The maximum Gasteiger partial charge on any atom is 0.222 e. The molecule has 0 radical (unpaired) electrons. The molecular formula is C20H32ClIN4O. The highest BCUT2D eigenvalue weighted by Gasteiger charge is 2.26. The van der Waals surface area contributed by atoms with E-state index in [0.717, 1.165) is 55.4 Å². The number of nitrogens with one attached hydrogen (secondary N) is 1. The Morgan fingerprint density at radius 1 is 1.41 bits per heavy atom. The molecular weight excluding hydrogens is 475 g/mol. The van der Waals surface area contributed by atoms with E-state index in [4.69, 9.17) is 16.6 Å². The number of rotatable bonds is 8. The number of aliphatic imine (C=N–C) groups is 1. The average molecular weight is 507 g/mol. The summed E-state index contributed by atoms with van der Waals surface area (Å²) in [4.78, 5) is 20.9. The normalized spacial score (nSPS) is 15.5. The van der Waals surface area contributed by atoms with Crippen LogP contribution in [0.5, 0.6) is 0 Å². The summed E-state index contributed by atoms with van der Waals surface area (Å²) < 4.78 is 0. The summed E-state index contributed by atoms with van der Waals surface area (Å²) >= 11 is 6.08. The van der Waals surface area contributed by atoms with Crippen LogP contribution in [0.3, 0.4) is 0 Å². The molecule has 7 heteroatoms. The second kappa shape index (κ2) is 12.4. The predicted molar refractivity (Wildman–Crippen MR) is 124 cm³/mol. The zero-order valence-corrected chi connectivity index (χ0v) is 19.7. The number of nitrogens with zero attached hydrogens (tertiary/aromatic N) is 3. The number of carbonyl (C=O) groups excluding carboxylic acids is 1. The highest BCUT2D eigenvalue weighted by molar-refractivity contribution is 14.0. The van der Waals surface area contributed by atoms with Gasteiger partial charge in [0.25, 0.3) is 0 Å². The van der Waals surface area contributed by atoms with Crippen LogP contribution in [0.25, 0.3) is 0 Å². The van der Waals surface area contributed by atoms with Crippen molar-refractivity contribution >= 4 is 47.4 Å². The molecule has 152 valence electrons. The summed E-state index contributed by atoms with van der Waals surface area (Å²) in [6.45, 7) is 7.39. The molecule has 27 heavy (non-hydrogen) atoms. The first-order chi connectivity index (χ1) is 12.5. The maximum atomic E-state index is 12.0. The molecule has 1 saturated heterocycles. The molecule has 1 heterocycles. The fourth-order valence-corrected chi connectivity index (χ4v) is 3.62. The molecule has 0 aromatic heterocycles. The van der Waals surface area contributed by atoms with Gasteiger partial charge in [0, 0.05) is 50.7 Å². The van der Waals surface area contributed by atoms with Crippen molar-refractivity contribution in [3.8, 4) is 0 Å². The van der Waals surface area contributed by atoms with Crippen LogP contribution in [0, 0.1) is 0 Å². The zero-order valence-electron chi connectivity index (χ0n) is 16.6. The van der Waals surface area contributed by atoms with E-state index in [1.807, 2.05) is 30.1 Å². The first kappa shape index (κ1) is 24.0. The lowest BCUT2D eigenvalue weighted by molar-refractivity contribution is -0.129. The van der Waals surface area contributed by atoms with Gasteiger partial charge in [-0.25, -0.2) is 0 Å². The standard InChI is InChI=1S/C20H31ClN4O.HI/c1-4-18(25-13-7-10-19(25)26)11-12-23-20(22-5-2)24(3)15-16-8-6-9-17(21)14-16;/h6,8-9,14,18H,4-5,7,10-13,15H2,1-3H3,(H,22,23);1H. The Morgan fingerprint density at radius 3 is 2.78 bits per heavy atom. The van der Waals surface area contributed by atoms with Crippen LogP contribution in [-0.4, -0.2) is 54.4 Å². The highest BCUT2D eigenvalue weighted by Crippen LogP contribution is 2.18. The third-order valence-electron chi connectivity index (χ3n) is 4.75. The van der Waals surface area contributed by atoms with Gasteiger partial charge in [-0.2, -0.15) is 0 Å². The summed E-state index contributed by atoms with van der Waals surface area (Å²) in [6.07, 6.45) is 3.58. The Morgan fingerprint density at radius 2 is 2.19 bits per heavy atom. The third kappa shape index (κ3) is 7.49. The van der Waals surface area contributed by atoms with Gasteiger partial charge in [-0.1, -0.05) is 30.7 Å². The van der Waals surface area contributed by atoms with Gasteiger partial charge in [0.15, 0.2) is 5.96 Å². The molecule has 1 fully saturated rings. The van der Waals surface area contributed by atoms with Gasteiger partial charge in [-0.15, -0.1) is 24.0 Å². The van der Waals surface area contributed by atoms with Crippen molar-refractivity contribution in [2.45, 2.75) is 52.1 Å². The van der Waals surface area contributed by atoms with Gasteiger partial charge in [0.05, 0.1) is 0 Å². The number of likely N-dealkylation sites (tertiary alicyclic amines) is 1. The van der Waals surface area contributed by atoms with E-state index in [9.17, 15) is 4.79 Å². The van der Waals surface area contributed by atoms with E-state index in [1.54, 1.807) is 0 Å². The van der Waals surface area contributed by atoms with Crippen molar-refractivity contribution in [2.24, 2.45) is 4.99 Å². The Kier molecular flexibility index (Phi) is 11.1. The van der Waals surface area contributed by atoms with Crippen LogP contribution in [0.15, 0.2) is 29.3 Å². The lowest BCUT2D eigenvalue weighted by Gasteiger charge is -2.27. The van der Waals surface area contributed by atoms with Crippen molar-refractivity contribution in [2.75, 3.05) is 26.7 Å². The van der Waals surface area contributed by atoms with E-state index in [0.29, 0.717) is 24.9 Å². The first-order valence-electron chi connectivity index (χ1n) is 9.58. The number of hydrogen-bond acceptors (Lipinski definition) is 2. The predicted octanol–water partition coefficient (Wildman–Crippen LogP) is 4.15. The van der Waals surface area contributed by atoms with Gasteiger partial charge < -0.3 is 15.1 Å². The van der Waals surface area contributed by atoms with Crippen LogP contribution in [0.4, 0.5) is 0 Å². The average Bonchev–Trinajstić information content (AvgIpc) is 3.03. The Labute approximate surface area is 185 Å². The zero-order chi connectivity index (χ0) is 18.9. The largest absolute Gasteiger partial charge is 0.357 e. The summed E-state index contributed by atoms with van der Waals surface area (Å²) in [5.41, 5.74) is 1.15. The summed E-state index contributed by atoms with van der Waals surface area (Å²) in [5.74, 6) is 1.18. The second-order valence-electron chi connectivity index (χ2n) is 6.76. The number of benzene rings is 1. The molecule has 1 unspecified atom stereocenters. The molecule has 1 N–H and O–H groups in total. The van der Waals surface area contributed by atoms with Gasteiger partial charge in [-0.3, -0.25) is 9.79 Å². The second-order valence-corrected chi connectivity index (χ2v) is 7.20. The van der Waals surface area contributed by atoms with Crippen LogP contribution >= 0.6 is 35.6 Å². The number of amides is 1. The van der Waals surface area contributed by atoms with Gasteiger partial charge in [0.1, 0.15) is 0 Å². The lowest BCUT2D eigenvalue weighted by atomic mass is 10.1. The van der Waals surface area contributed by atoms with E-state index in [1.165, 1.54) is 0 Å². The molecule has 0 bridgehead atoms.